The van der Waals surface area contributed by atoms with E-state index >= 15 is 0 Å². The van der Waals surface area contributed by atoms with Gasteiger partial charge in [-0.2, -0.15) is 0 Å². The van der Waals surface area contributed by atoms with Gasteiger partial charge in [-0.05, 0) is 30.2 Å². The van der Waals surface area contributed by atoms with Crippen LogP contribution >= 0.6 is 24.0 Å². The van der Waals surface area contributed by atoms with Crippen molar-refractivity contribution in [3.05, 3.63) is 34.7 Å². The van der Waals surface area contributed by atoms with Crippen molar-refractivity contribution in [3.63, 3.8) is 0 Å². The fourth-order valence-electron chi connectivity index (χ4n) is 1.53. The van der Waals surface area contributed by atoms with Gasteiger partial charge in [-0.25, -0.2) is 0 Å². The van der Waals surface area contributed by atoms with E-state index in [1.165, 1.54) is 11.8 Å². The van der Waals surface area contributed by atoms with Crippen LogP contribution in [0.5, 0.6) is 5.75 Å². The van der Waals surface area contributed by atoms with Crippen molar-refractivity contribution in [3.8, 4) is 5.75 Å². The lowest BCUT2D eigenvalue weighted by Gasteiger charge is -2.05. The Labute approximate surface area is 109 Å². The Hall–Kier alpha value is -1.33. The van der Waals surface area contributed by atoms with Crippen LogP contribution in [-0.2, 0) is 4.79 Å². The third-order valence-corrected chi connectivity index (χ3v) is 3.82. The minimum absolute atomic E-state index is 0.117. The number of benzene rings is 1. The number of methoxy groups -OCH3 is 1. The molecular weight excluding hydrogens is 254 g/mol. The van der Waals surface area contributed by atoms with Crippen molar-refractivity contribution in [1.29, 1.82) is 0 Å². The number of amides is 1. The molecule has 0 unspecified atom stereocenters. The van der Waals surface area contributed by atoms with E-state index in [2.05, 4.69) is 5.32 Å². The van der Waals surface area contributed by atoms with Gasteiger partial charge < -0.3 is 10.1 Å². The number of carbonyl (C=O) groups excluding carboxylic acids is 1. The summed E-state index contributed by atoms with van der Waals surface area (Å²) in [5.74, 6) is 0.680. The predicted octanol–water partition coefficient (Wildman–Crippen LogP) is 2.57. The SMILES string of the molecule is COc1ccc(/C(C)=C2/SC(=S)NC2=O)cc1. The quantitative estimate of drug-likeness (QED) is 0.659. The molecule has 0 aliphatic carbocycles. The first-order valence-corrected chi connectivity index (χ1v) is 6.22. The highest BCUT2D eigenvalue weighted by atomic mass is 32.2. The third kappa shape index (κ3) is 2.50. The fraction of sp³-hybridized carbons (Fsp3) is 0.167. The van der Waals surface area contributed by atoms with Gasteiger partial charge in [-0.1, -0.05) is 36.1 Å². The van der Waals surface area contributed by atoms with E-state index in [0.29, 0.717) is 9.23 Å². The highest BCUT2D eigenvalue weighted by Crippen LogP contribution is 2.32. The first-order chi connectivity index (χ1) is 8.11. The lowest BCUT2D eigenvalue weighted by atomic mass is 10.1. The second kappa shape index (κ2) is 4.89. The van der Waals surface area contributed by atoms with E-state index in [1.807, 2.05) is 31.2 Å². The number of hydrogen-bond donors (Lipinski definition) is 1. The third-order valence-electron chi connectivity index (χ3n) is 2.48. The minimum Gasteiger partial charge on any atom is -0.497 e. The summed E-state index contributed by atoms with van der Waals surface area (Å²) in [6.07, 6.45) is 0. The summed E-state index contributed by atoms with van der Waals surface area (Å²) in [6, 6.07) is 7.59. The molecule has 1 saturated heterocycles. The molecule has 1 aromatic rings. The van der Waals surface area contributed by atoms with E-state index in [-0.39, 0.29) is 5.91 Å². The van der Waals surface area contributed by atoms with Crippen LogP contribution < -0.4 is 10.1 Å². The monoisotopic (exact) mass is 265 g/mol. The van der Waals surface area contributed by atoms with Crippen LogP contribution in [0, 0.1) is 0 Å². The number of rotatable bonds is 2. The van der Waals surface area contributed by atoms with Crippen molar-refractivity contribution in [2.45, 2.75) is 6.92 Å². The minimum atomic E-state index is -0.117. The highest BCUT2D eigenvalue weighted by Gasteiger charge is 2.24. The zero-order chi connectivity index (χ0) is 12.4. The van der Waals surface area contributed by atoms with Gasteiger partial charge in [0.2, 0.25) is 0 Å². The van der Waals surface area contributed by atoms with Gasteiger partial charge in [0.1, 0.15) is 10.1 Å². The molecular formula is C12H11NO2S2. The normalized spacial score (nSPS) is 18.0. The van der Waals surface area contributed by atoms with Crippen molar-refractivity contribution in [2.75, 3.05) is 7.11 Å². The van der Waals surface area contributed by atoms with Crippen LogP contribution in [-0.4, -0.2) is 17.3 Å². The summed E-state index contributed by atoms with van der Waals surface area (Å²) < 4.78 is 5.60. The maximum absolute atomic E-state index is 11.6. The standard InChI is InChI=1S/C12H11NO2S2/c1-7(10-11(14)13-12(16)17-10)8-3-5-9(15-2)6-4-8/h3-6H,1-2H3,(H,13,14,16)/b10-7+. The molecule has 0 bridgehead atoms. The Morgan fingerprint density at radius 3 is 2.47 bits per heavy atom. The highest BCUT2D eigenvalue weighted by molar-refractivity contribution is 8.26. The van der Waals surface area contributed by atoms with Crippen molar-refractivity contribution in [2.24, 2.45) is 0 Å². The molecule has 1 fully saturated rings. The number of hydrogen-bond acceptors (Lipinski definition) is 4. The molecule has 0 atom stereocenters. The molecule has 1 aliphatic heterocycles. The van der Waals surface area contributed by atoms with Gasteiger partial charge in [0.05, 0.1) is 12.0 Å². The lowest BCUT2D eigenvalue weighted by Crippen LogP contribution is -2.18. The van der Waals surface area contributed by atoms with Crippen LogP contribution in [0.1, 0.15) is 12.5 Å². The van der Waals surface area contributed by atoms with Crippen LogP contribution in [0.2, 0.25) is 0 Å². The Morgan fingerprint density at radius 1 is 1.35 bits per heavy atom. The van der Waals surface area contributed by atoms with Crippen LogP contribution in [0.25, 0.3) is 5.57 Å². The number of carbonyl (C=O) groups is 1. The summed E-state index contributed by atoms with van der Waals surface area (Å²) in [4.78, 5) is 12.3. The number of thioether (sulfide) groups is 1. The maximum atomic E-state index is 11.6. The Bertz CT molecular complexity index is 506. The molecule has 1 aliphatic rings. The predicted molar refractivity (Wildman–Crippen MR) is 73.9 cm³/mol. The number of nitrogens with one attached hydrogen (secondary N) is 1. The van der Waals surface area contributed by atoms with Gasteiger partial charge in [-0.3, -0.25) is 4.79 Å². The molecule has 0 spiro atoms. The van der Waals surface area contributed by atoms with Gasteiger partial charge in [-0.15, -0.1) is 0 Å². The summed E-state index contributed by atoms with van der Waals surface area (Å²) >= 11 is 6.26. The van der Waals surface area contributed by atoms with Crippen molar-refractivity contribution >= 4 is 39.8 Å². The van der Waals surface area contributed by atoms with E-state index in [0.717, 1.165) is 16.9 Å². The number of ether oxygens (including phenoxy) is 1. The first kappa shape index (κ1) is 12.1. The van der Waals surface area contributed by atoms with Crippen molar-refractivity contribution < 1.29 is 9.53 Å². The number of allylic oxidation sites excluding steroid dienone is 1. The molecule has 2 rings (SSSR count). The molecule has 1 N–H and O–H groups in total. The Balaban J connectivity index is 2.35. The molecule has 5 heteroatoms. The fourth-order valence-corrected chi connectivity index (χ4v) is 2.62. The zero-order valence-corrected chi connectivity index (χ0v) is 11.1. The topological polar surface area (TPSA) is 38.3 Å². The van der Waals surface area contributed by atoms with Gasteiger partial charge in [0, 0.05) is 0 Å². The van der Waals surface area contributed by atoms with E-state index in [1.54, 1.807) is 7.11 Å². The molecule has 0 radical (unpaired) electrons. The van der Waals surface area contributed by atoms with Crippen molar-refractivity contribution in [1.82, 2.24) is 5.32 Å². The maximum Gasteiger partial charge on any atom is 0.263 e. The average molecular weight is 265 g/mol. The molecule has 1 aromatic carbocycles. The van der Waals surface area contributed by atoms with E-state index in [9.17, 15) is 4.79 Å². The van der Waals surface area contributed by atoms with E-state index < -0.39 is 0 Å². The average Bonchev–Trinajstić information content (AvgIpc) is 2.68. The lowest BCUT2D eigenvalue weighted by molar-refractivity contribution is -0.115. The van der Waals surface area contributed by atoms with E-state index in [4.69, 9.17) is 17.0 Å². The summed E-state index contributed by atoms with van der Waals surface area (Å²) in [7, 11) is 1.62. The summed E-state index contributed by atoms with van der Waals surface area (Å²) in [5.41, 5.74) is 1.92. The molecule has 0 saturated carbocycles. The van der Waals surface area contributed by atoms with Crippen LogP contribution in [0.15, 0.2) is 29.2 Å². The van der Waals surface area contributed by atoms with Gasteiger partial charge in [0.15, 0.2) is 0 Å². The molecule has 17 heavy (non-hydrogen) atoms. The van der Waals surface area contributed by atoms with Crippen LogP contribution in [0.4, 0.5) is 0 Å². The molecule has 3 nitrogen and oxygen atoms in total. The molecule has 88 valence electrons. The first-order valence-electron chi connectivity index (χ1n) is 5.00. The number of thiocarbonyl (C=S) groups is 1. The largest absolute Gasteiger partial charge is 0.497 e. The molecule has 0 aromatic heterocycles. The van der Waals surface area contributed by atoms with Gasteiger partial charge in [0.25, 0.3) is 5.91 Å². The molecule has 1 amide bonds. The van der Waals surface area contributed by atoms with Crippen LogP contribution in [0.3, 0.4) is 0 Å². The second-order valence-corrected chi connectivity index (χ2v) is 5.21. The second-order valence-electron chi connectivity index (χ2n) is 3.53. The zero-order valence-electron chi connectivity index (χ0n) is 9.44. The smallest absolute Gasteiger partial charge is 0.263 e. The summed E-state index contributed by atoms with van der Waals surface area (Å²) in [6.45, 7) is 1.91. The molecule has 1 heterocycles. The Morgan fingerprint density at radius 2 is 2.00 bits per heavy atom. The van der Waals surface area contributed by atoms with Gasteiger partial charge >= 0.3 is 0 Å². The summed E-state index contributed by atoms with van der Waals surface area (Å²) in [5, 5.41) is 2.61. The Kier molecular flexibility index (Phi) is 3.49.